The van der Waals surface area contributed by atoms with Crippen molar-refractivity contribution in [2.75, 3.05) is 33.1 Å². The summed E-state index contributed by atoms with van der Waals surface area (Å²) in [7, 11) is 3.92. The molecule has 1 aliphatic rings. The van der Waals surface area contributed by atoms with Crippen LogP contribution in [0.3, 0.4) is 0 Å². The second-order valence-corrected chi connectivity index (χ2v) is 3.95. The van der Waals surface area contributed by atoms with Gasteiger partial charge in [-0.15, -0.1) is 11.6 Å². The van der Waals surface area contributed by atoms with Crippen molar-refractivity contribution in [1.29, 1.82) is 0 Å². The van der Waals surface area contributed by atoms with Crippen molar-refractivity contribution in [2.45, 2.75) is 18.9 Å². The van der Waals surface area contributed by atoms with Crippen molar-refractivity contribution >= 4 is 17.5 Å². The minimum Gasteiger partial charge on any atom is -0.343 e. The van der Waals surface area contributed by atoms with Crippen LogP contribution in [-0.2, 0) is 4.79 Å². The molecule has 0 aromatic heterocycles. The zero-order valence-corrected chi connectivity index (χ0v) is 9.05. The first-order valence-corrected chi connectivity index (χ1v) is 5.18. The van der Waals surface area contributed by atoms with Gasteiger partial charge in [0.25, 0.3) is 0 Å². The molecule has 1 rings (SSSR count). The van der Waals surface area contributed by atoms with Crippen molar-refractivity contribution in [1.82, 2.24) is 9.80 Å². The summed E-state index contributed by atoms with van der Waals surface area (Å²) >= 11 is 5.46. The lowest BCUT2D eigenvalue weighted by molar-refractivity contribution is -0.127. The largest absolute Gasteiger partial charge is 0.343 e. The van der Waals surface area contributed by atoms with E-state index in [2.05, 4.69) is 11.9 Å². The first-order valence-electron chi connectivity index (χ1n) is 4.65. The fourth-order valence-corrected chi connectivity index (χ4v) is 1.93. The maximum Gasteiger partial charge on any atom is 0.237 e. The number of carbonyl (C=O) groups excluding carboxylic acids is 1. The summed E-state index contributed by atoms with van der Waals surface area (Å²) in [6.07, 6.45) is 2.43. The number of nitrogens with zero attached hydrogens (tertiary/aromatic N) is 2. The number of alkyl halides is 1. The van der Waals surface area contributed by atoms with Crippen molar-refractivity contribution in [2.24, 2.45) is 0 Å². The highest BCUT2D eigenvalue weighted by Gasteiger charge is 2.23. The van der Waals surface area contributed by atoms with Crippen LogP contribution in [0.25, 0.3) is 0 Å². The topological polar surface area (TPSA) is 23.6 Å². The maximum absolute atomic E-state index is 11.2. The predicted molar refractivity (Wildman–Crippen MR) is 54.0 cm³/mol. The van der Waals surface area contributed by atoms with Crippen LogP contribution in [-0.4, -0.2) is 54.8 Å². The van der Waals surface area contributed by atoms with E-state index in [0.717, 1.165) is 13.1 Å². The number of likely N-dealkylation sites (tertiary alicyclic amines) is 1. The van der Waals surface area contributed by atoms with Crippen LogP contribution in [0.4, 0.5) is 0 Å². The summed E-state index contributed by atoms with van der Waals surface area (Å²) in [5.74, 6) is 0.106. The Bertz CT molecular complexity index is 186. The molecule has 13 heavy (non-hydrogen) atoms. The van der Waals surface area contributed by atoms with Gasteiger partial charge in [-0.1, -0.05) is 0 Å². The van der Waals surface area contributed by atoms with Gasteiger partial charge in [-0.2, -0.15) is 0 Å². The molecule has 4 heteroatoms. The van der Waals surface area contributed by atoms with Crippen LogP contribution in [0.1, 0.15) is 12.8 Å². The van der Waals surface area contributed by atoms with Crippen molar-refractivity contribution in [3.05, 3.63) is 0 Å². The molecular weight excluding hydrogens is 188 g/mol. The van der Waals surface area contributed by atoms with Gasteiger partial charge in [0, 0.05) is 19.6 Å². The number of likely N-dealkylation sites (N-methyl/N-ethyl adjacent to an activating group) is 2. The van der Waals surface area contributed by atoms with Gasteiger partial charge in [-0.3, -0.25) is 4.79 Å². The van der Waals surface area contributed by atoms with E-state index in [0.29, 0.717) is 6.04 Å². The molecule has 1 saturated heterocycles. The Morgan fingerprint density at radius 1 is 1.69 bits per heavy atom. The zero-order chi connectivity index (χ0) is 9.84. The van der Waals surface area contributed by atoms with Crippen molar-refractivity contribution in [3.63, 3.8) is 0 Å². The second-order valence-electron chi connectivity index (χ2n) is 3.68. The molecule has 1 fully saturated rings. The van der Waals surface area contributed by atoms with Crippen LogP contribution in [0, 0.1) is 0 Å². The van der Waals surface area contributed by atoms with Crippen molar-refractivity contribution in [3.8, 4) is 0 Å². The van der Waals surface area contributed by atoms with Crippen molar-refractivity contribution < 1.29 is 4.79 Å². The fraction of sp³-hybridized carbons (Fsp3) is 0.889. The lowest BCUT2D eigenvalue weighted by Gasteiger charge is -2.25. The third-order valence-electron chi connectivity index (χ3n) is 2.70. The minimum atomic E-state index is 0.0157. The number of halogens is 1. The molecule has 1 aliphatic heterocycles. The van der Waals surface area contributed by atoms with Crippen LogP contribution in [0.2, 0.25) is 0 Å². The fourth-order valence-electron chi connectivity index (χ4n) is 1.73. The first kappa shape index (κ1) is 10.8. The normalized spacial score (nSPS) is 23.5. The number of carbonyl (C=O) groups is 1. The maximum atomic E-state index is 11.2. The lowest BCUT2D eigenvalue weighted by Crippen LogP contribution is -2.40. The standard InChI is InChI=1S/C9H17ClN2O/c1-11-5-3-4-8(11)7-12(2)9(13)6-10/h8H,3-7H2,1-2H3. The van der Waals surface area contributed by atoms with Crippen LogP contribution >= 0.6 is 11.6 Å². The summed E-state index contributed by atoms with van der Waals surface area (Å²) in [6, 6.07) is 0.525. The van der Waals surface area contributed by atoms with E-state index in [1.807, 2.05) is 7.05 Å². The van der Waals surface area contributed by atoms with Crippen LogP contribution in [0.15, 0.2) is 0 Å². The molecule has 1 amide bonds. The minimum absolute atomic E-state index is 0.0157. The highest BCUT2D eigenvalue weighted by molar-refractivity contribution is 6.27. The van der Waals surface area contributed by atoms with Crippen LogP contribution in [0.5, 0.6) is 0 Å². The van der Waals surface area contributed by atoms with Gasteiger partial charge < -0.3 is 9.80 Å². The molecule has 1 atom stereocenters. The van der Waals surface area contributed by atoms with Gasteiger partial charge in [-0.25, -0.2) is 0 Å². The molecule has 0 saturated carbocycles. The Morgan fingerprint density at radius 3 is 2.85 bits per heavy atom. The molecular formula is C9H17ClN2O. The lowest BCUT2D eigenvalue weighted by atomic mass is 10.2. The average Bonchev–Trinajstić information content (AvgIpc) is 2.50. The Balaban J connectivity index is 2.34. The van der Waals surface area contributed by atoms with E-state index in [4.69, 9.17) is 11.6 Å². The number of hydrogen-bond donors (Lipinski definition) is 0. The summed E-state index contributed by atoms with van der Waals surface area (Å²) in [5.41, 5.74) is 0. The molecule has 0 radical (unpaired) electrons. The highest BCUT2D eigenvalue weighted by atomic mass is 35.5. The molecule has 0 aromatic rings. The SMILES string of the molecule is CN(CC1CCCN1C)C(=O)CCl. The van der Waals surface area contributed by atoms with Crippen LogP contribution < -0.4 is 0 Å². The van der Waals surface area contributed by atoms with E-state index in [9.17, 15) is 4.79 Å². The smallest absolute Gasteiger partial charge is 0.237 e. The summed E-state index contributed by atoms with van der Waals surface area (Å²) in [6.45, 7) is 1.95. The number of hydrogen-bond acceptors (Lipinski definition) is 2. The molecule has 76 valence electrons. The Morgan fingerprint density at radius 2 is 2.38 bits per heavy atom. The highest BCUT2D eigenvalue weighted by Crippen LogP contribution is 2.15. The zero-order valence-electron chi connectivity index (χ0n) is 8.29. The Hall–Kier alpha value is -0.280. The summed E-state index contributed by atoms with van der Waals surface area (Å²) < 4.78 is 0. The molecule has 3 nitrogen and oxygen atoms in total. The van der Waals surface area contributed by atoms with Gasteiger partial charge in [0.2, 0.25) is 5.91 Å². The molecule has 0 bridgehead atoms. The Labute approximate surface area is 84.6 Å². The quantitative estimate of drug-likeness (QED) is 0.635. The van der Waals surface area contributed by atoms with Gasteiger partial charge >= 0.3 is 0 Å². The summed E-state index contributed by atoms with van der Waals surface area (Å²) in [5, 5.41) is 0. The average molecular weight is 205 g/mol. The van der Waals surface area contributed by atoms with E-state index in [-0.39, 0.29) is 11.8 Å². The molecule has 0 N–H and O–H groups in total. The molecule has 0 aliphatic carbocycles. The van der Waals surface area contributed by atoms with Gasteiger partial charge in [-0.05, 0) is 26.4 Å². The van der Waals surface area contributed by atoms with E-state index in [1.54, 1.807) is 4.90 Å². The molecule has 1 unspecified atom stereocenters. The van der Waals surface area contributed by atoms with Gasteiger partial charge in [0.15, 0.2) is 0 Å². The van der Waals surface area contributed by atoms with E-state index in [1.165, 1.54) is 12.8 Å². The van der Waals surface area contributed by atoms with Gasteiger partial charge in [0.1, 0.15) is 5.88 Å². The third kappa shape index (κ3) is 2.85. The molecule has 1 heterocycles. The van der Waals surface area contributed by atoms with E-state index >= 15 is 0 Å². The third-order valence-corrected chi connectivity index (χ3v) is 2.92. The summed E-state index contributed by atoms with van der Waals surface area (Å²) in [4.78, 5) is 15.2. The van der Waals surface area contributed by atoms with Gasteiger partial charge in [0.05, 0.1) is 0 Å². The number of rotatable bonds is 3. The Kier molecular flexibility index (Phi) is 4.00. The second kappa shape index (κ2) is 4.82. The monoisotopic (exact) mass is 204 g/mol. The first-order chi connectivity index (χ1) is 6.15. The van der Waals surface area contributed by atoms with E-state index < -0.39 is 0 Å². The molecule has 0 aromatic carbocycles. The predicted octanol–water partition coefficient (Wildman–Crippen LogP) is 0.778. The number of amides is 1. The molecule has 0 spiro atoms.